The third-order valence-corrected chi connectivity index (χ3v) is 4.68. The molecule has 0 bridgehead atoms. The van der Waals surface area contributed by atoms with E-state index in [1.165, 1.54) is 23.3 Å². The van der Waals surface area contributed by atoms with Crippen molar-refractivity contribution >= 4 is 11.8 Å². The molecule has 0 radical (unpaired) electrons. The van der Waals surface area contributed by atoms with Crippen LogP contribution in [0.3, 0.4) is 0 Å². The lowest BCUT2D eigenvalue weighted by atomic mass is 10.1. The van der Waals surface area contributed by atoms with Crippen molar-refractivity contribution in [2.24, 2.45) is 11.1 Å². The summed E-state index contributed by atoms with van der Waals surface area (Å²) in [5.41, 5.74) is 7.36. The first-order chi connectivity index (χ1) is 8.15. The predicted octanol–water partition coefficient (Wildman–Crippen LogP) is 3.49. The van der Waals surface area contributed by atoms with Gasteiger partial charge < -0.3 is 5.73 Å². The molecule has 0 heterocycles. The molecule has 3 heteroatoms. The minimum atomic E-state index is 0.0875. The van der Waals surface area contributed by atoms with E-state index < -0.39 is 0 Å². The van der Waals surface area contributed by atoms with Crippen LogP contribution in [0.15, 0.2) is 29.2 Å². The van der Waals surface area contributed by atoms with Crippen LogP contribution in [0, 0.1) is 16.7 Å². The number of nitrogens with two attached hydrogens (primary N) is 1. The first kappa shape index (κ1) is 12.5. The van der Waals surface area contributed by atoms with Crippen LogP contribution in [-0.2, 0) is 0 Å². The van der Waals surface area contributed by atoms with Crippen molar-refractivity contribution in [1.29, 1.82) is 5.26 Å². The molecule has 1 atom stereocenters. The minimum Gasteiger partial charge on any atom is -0.324 e. The Kier molecular flexibility index (Phi) is 3.76. The smallest absolute Gasteiger partial charge is 0.0627 e. The van der Waals surface area contributed by atoms with Crippen LogP contribution in [0.2, 0.25) is 0 Å². The van der Waals surface area contributed by atoms with E-state index in [-0.39, 0.29) is 6.04 Å². The number of thioether (sulfide) groups is 1. The number of nitriles is 1. The van der Waals surface area contributed by atoms with E-state index in [0.29, 0.717) is 11.8 Å². The van der Waals surface area contributed by atoms with Crippen LogP contribution in [0.5, 0.6) is 0 Å². The molecule has 2 N–H and O–H groups in total. The highest BCUT2D eigenvalue weighted by Crippen LogP contribution is 2.51. The molecule has 1 aromatic carbocycles. The van der Waals surface area contributed by atoms with Gasteiger partial charge in [0.2, 0.25) is 0 Å². The van der Waals surface area contributed by atoms with Crippen LogP contribution >= 0.6 is 11.8 Å². The minimum absolute atomic E-state index is 0.0875. The van der Waals surface area contributed by atoms with Gasteiger partial charge in [-0.2, -0.15) is 5.26 Å². The van der Waals surface area contributed by atoms with Crippen LogP contribution in [0.4, 0.5) is 0 Å². The van der Waals surface area contributed by atoms with Crippen molar-refractivity contribution in [2.75, 3.05) is 5.75 Å². The van der Waals surface area contributed by atoms with Crippen LogP contribution < -0.4 is 5.73 Å². The molecule has 0 aromatic heterocycles. The van der Waals surface area contributed by atoms with Gasteiger partial charge in [-0.25, -0.2) is 0 Å². The fourth-order valence-electron chi connectivity index (χ4n) is 1.84. The highest BCUT2D eigenvalue weighted by Gasteiger charge is 2.42. The second kappa shape index (κ2) is 5.12. The lowest BCUT2D eigenvalue weighted by Gasteiger charge is -2.12. The van der Waals surface area contributed by atoms with Crippen molar-refractivity contribution < 1.29 is 0 Å². The maximum atomic E-state index is 8.78. The maximum absolute atomic E-state index is 8.78. The highest BCUT2D eigenvalue weighted by atomic mass is 32.2. The Morgan fingerprint density at radius 1 is 1.53 bits per heavy atom. The van der Waals surface area contributed by atoms with Gasteiger partial charge in [0, 0.05) is 23.1 Å². The molecule has 1 saturated carbocycles. The molecular formula is C14H18N2S. The van der Waals surface area contributed by atoms with E-state index in [4.69, 9.17) is 11.0 Å². The van der Waals surface area contributed by atoms with Crippen molar-refractivity contribution in [1.82, 2.24) is 0 Å². The molecule has 17 heavy (non-hydrogen) atoms. The van der Waals surface area contributed by atoms with E-state index in [1.807, 2.05) is 18.7 Å². The third kappa shape index (κ3) is 3.24. The summed E-state index contributed by atoms with van der Waals surface area (Å²) in [5, 5.41) is 8.78. The number of benzene rings is 1. The number of hydrogen-bond donors (Lipinski definition) is 1. The van der Waals surface area contributed by atoms with Gasteiger partial charge in [-0.15, -0.1) is 11.8 Å². The number of nitrogens with zero attached hydrogens (tertiary/aromatic N) is 1. The molecule has 1 aliphatic carbocycles. The Labute approximate surface area is 107 Å². The lowest BCUT2D eigenvalue weighted by Crippen LogP contribution is -2.05. The molecule has 0 amide bonds. The van der Waals surface area contributed by atoms with Gasteiger partial charge in [0.25, 0.3) is 0 Å². The van der Waals surface area contributed by atoms with E-state index >= 15 is 0 Å². The van der Waals surface area contributed by atoms with Gasteiger partial charge in [0.05, 0.1) is 6.07 Å². The van der Waals surface area contributed by atoms with Gasteiger partial charge >= 0.3 is 0 Å². The lowest BCUT2D eigenvalue weighted by molar-refractivity contribution is 0.604. The van der Waals surface area contributed by atoms with E-state index in [2.05, 4.69) is 30.3 Å². The standard InChI is InChI=1S/C14H18N2S/c1-11(16)12-3-2-4-13(9-12)17-10-14(5-6-14)7-8-15/h2-4,9,11H,5-7,10,16H2,1H3. The first-order valence-electron chi connectivity index (χ1n) is 6.00. The summed E-state index contributed by atoms with van der Waals surface area (Å²) in [5.74, 6) is 1.06. The Bertz CT molecular complexity index is 430. The highest BCUT2D eigenvalue weighted by molar-refractivity contribution is 7.99. The molecule has 1 aliphatic rings. The van der Waals surface area contributed by atoms with Crippen molar-refractivity contribution in [2.45, 2.75) is 37.1 Å². The summed E-state index contributed by atoms with van der Waals surface area (Å²) in [4.78, 5) is 1.27. The predicted molar refractivity (Wildman–Crippen MR) is 71.7 cm³/mol. The first-order valence-corrected chi connectivity index (χ1v) is 6.99. The largest absolute Gasteiger partial charge is 0.324 e. The molecule has 1 fully saturated rings. The second-order valence-corrected chi connectivity index (χ2v) is 6.03. The second-order valence-electron chi connectivity index (χ2n) is 4.98. The summed E-state index contributed by atoms with van der Waals surface area (Å²) in [6.45, 7) is 2.00. The Morgan fingerprint density at radius 3 is 2.88 bits per heavy atom. The van der Waals surface area contributed by atoms with E-state index in [1.54, 1.807) is 0 Å². The van der Waals surface area contributed by atoms with Gasteiger partial charge in [-0.3, -0.25) is 0 Å². The molecule has 90 valence electrons. The molecule has 1 unspecified atom stereocenters. The SMILES string of the molecule is CC(N)c1cccc(SCC2(CC#N)CC2)c1. The van der Waals surface area contributed by atoms with E-state index in [9.17, 15) is 0 Å². The molecule has 2 nitrogen and oxygen atoms in total. The molecule has 2 rings (SSSR count). The van der Waals surface area contributed by atoms with Gasteiger partial charge in [0.15, 0.2) is 0 Å². The fraction of sp³-hybridized carbons (Fsp3) is 0.500. The average Bonchev–Trinajstić information content (AvgIpc) is 3.08. The molecule has 0 spiro atoms. The third-order valence-electron chi connectivity index (χ3n) is 3.34. The summed E-state index contributed by atoms with van der Waals surface area (Å²) < 4.78 is 0. The van der Waals surface area contributed by atoms with Crippen molar-refractivity contribution in [3.05, 3.63) is 29.8 Å². The summed E-state index contributed by atoms with van der Waals surface area (Å²) in [6.07, 6.45) is 3.12. The summed E-state index contributed by atoms with van der Waals surface area (Å²) in [6, 6.07) is 10.8. The van der Waals surface area contributed by atoms with Crippen LogP contribution in [-0.4, -0.2) is 5.75 Å². The van der Waals surface area contributed by atoms with Gasteiger partial charge in [-0.1, -0.05) is 12.1 Å². The number of hydrogen-bond acceptors (Lipinski definition) is 3. The zero-order valence-electron chi connectivity index (χ0n) is 10.1. The summed E-state index contributed by atoms with van der Waals surface area (Å²) in [7, 11) is 0. The Morgan fingerprint density at radius 2 is 2.29 bits per heavy atom. The van der Waals surface area contributed by atoms with Crippen LogP contribution in [0.25, 0.3) is 0 Å². The topological polar surface area (TPSA) is 49.8 Å². The zero-order valence-corrected chi connectivity index (χ0v) is 11.0. The van der Waals surface area contributed by atoms with Crippen LogP contribution in [0.1, 0.15) is 37.8 Å². The van der Waals surface area contributed by atoms with Crippen molar-refractivity contribution in [3.63, 3.8) is 0 Å². The monoisotopic (exact) mass is 246 g/mol. The van der Waals surface area contributed by atoms with Gasteiger partial charge in [-0.05, 0) is 42.9 Å². The van der Waals surface area contributed by atoms with Gasteiger partial charge in [0.1, 0.15) is 0 Å². The van der Waals surface area contributed by atoms with E-state index in [0.717, 1.165) is 5.75 Å². The van der Waals surface area contributed by atoms with Crippen molar-refractivity contribution in [3.8, 4) is 6.07 Å². The summed E-state index contributed by atoms with van der Waals surface area (Å²) >= 11 is 1.85. The maximum Gasteiger partial charge on any atom is 0.0627 e. The Hall–Kier alpha value is -0.980. The molecule has 0 aliphatic heterocycles. The molecule has 0 saturated heterocycles. The zero-order chi connectivity index (χ0) is 12.3. The molecule has 1 aromatic rings. The average molecular weight is 246 g/mol. The quantitative estimate of drug-likeness (QED) is 0.809. The fourth-order valence-corrected chi connectivity index (χ4v) is 3.10. The normalized spacial score (nSPS) is 18.4. The Balaban J connectivity index is 1.95. The molecular weight excluding hydrogens is 228 g/mol. The number of rotatable bonds is 5.